The third kappa shape index (κ3) is 4.71. The Morgan fingerprint density at radius 1 is 1.21 bits per heavy atom. The summed E-state index contributed by atoms with van der Waals surface area (Å²) in [6.07, 6.45) is 5.89. The minimum Gasteiger partial charge on any atom is -0.320 e. The minimum atomic E-state index is 0. The zero-order chi connectivity index (χ0) is 16.1. The van der Waals surface area contributed by atoms with Crippen molar-refractivity contribution < 1.29 is 4.79 Å². The quantitative estimate of drug-likeness (QED) is 0.886. The molecule has 2 aliphatic rings. The Morgan fingerprint density at radius 3 is 2.71 bits per heavy atom. The zero-order valence-electron chi connectivity index (χ0n) is 14.7. The van der Waals surface area contributed by atoms with E-state index in [1.54, 1.807) is 0 Å². The first-order valence-corrected chi connectivity index (χ1v) is 9.03. The van der Waals surface area contributed by atoms with Gasteiger partial charge in [0.15, 0.2) is 0 Å². The number of nitrogens with one attached hydrogen (secondary N) is 1. The van der Waals surface area contributed by atoms with Crippen LogP contribution in [0.5, 0.6) is 0 Å². The van der Waals surface area contributed by atoms with E-state index in [-0.39, 0.29) is 18.3 Å². The number of hydrogen-bond donors (Lipinski definition) is 1. The van der Waals surface area contributed by atoms with Gasteiger partial charge in [0.25, 0.3) is 0 Å². The molecule has 2 aliphatic heterocycles. The van der Waals surface area contributed by atoms with Crippen LogP contribution in [-0.4, -0.2) is 50.6 Å². The zero-order valence-corrected chi connectivity index (χ0v) is 15.5. The maximum Gasteiger partial charge on any atom is 0.241 e. The maximum atomic E-state index is 12.8. The van der Waals surface area contributed by atoms with Gasteiger partial charge in [-0.05, 0) is 76.3 Å². The van der Waals surface area contributed by atoms with Crippen molar-refractivity contribution >= 4 is 24.0 Å². The van der Waals surface area contributed by atoms with Crippen molar-refractivity contribution in [3.05, 3.63) is 29.8 Å². The molecule has 0 aromatic heterocycles. The van der Waals surface area contributed by atoms with E-state index < -0.39 is 0 Å². The second-order valence-corrected chi connectivity index (χ2v) is 6.89. The van der Waals surface area contributed by atoms with Gasteiger partial charge in [-0.1, -0.05) is 18.2 Å². The molecule has 1 fully saturated rings. The molecular formula is C19H30ClN3O. The van der Waals surface area contributed by atoms with Gasteiger partial charge < -0.3 is 10.2 Å². The van der Waals surface area contributed by atoms with Gasteiger partial charge in [0.05, 0.1) is 6.54 Å². The lowest BCUT2D eigenvalue weighted by molar-refractivity contribution is -0.120. The third-order valence-corrected chi connectivity index (χ3v) is 5.28. The van der Waals surface area contributed by atoms with E-state index in [1.807, 2.05) is 18.0 Å². The molecule has 24 heavy (non-hydrogen) atoms. The molecule has 0 atom stereocenters. The lowest BCUT2D eigenvalue weighted by Gasteiger charge is -2.35. The highest BCUT2D eigenvalue weighted by molar-refractivity contribution is 5.95. The van der Waals surface area contributed by atoms with Gasteiger partial charge in [-0.3, -0.25) is 9.69 Å². The Labute approximate surface area is 152 Å². The SMILES string of the molecule is CNCCC1CCN(CC(=O)N2CCCc3ccccc32)CC1.Cl. The molecule has 0 radical (unpaired) electrons. The van der Waals surface area contributed by atoms with Gasteiger partial charge in [-0.25, -0.2) is 0 Å². The molecule has 1 N–H and O–H groups in total. The second kappa shape index (κ2) is 9.40. The van der Waals surface area contributed by atoms with Crippen LogP contribution in [0, 0.1) is 5.92 Å². The monoisotopic (exact) mass is 351 g/mol. The van der Waals surface area contributed by atoms with Crippen LogP contribution in [0.4, 0.5) is 5.69 Å². The first-order valence-electron chi connectivity index (χ1n) is 9.03. The highest BCUT2D eigenvalue weighted by Gasteiger charge is 2.25. The fourth-order valence-electron chi connectivity index (χ4n) is 3.85. The summed E-state index contributed by atoms with van der Waals surface area (Å²) in [5.41, 5.74) is 2.45. The summed E-state index contributed by atoms with van der Waals surface area (Å²) >= 11 is 0. The molecule has 1 saturated heterocycles. The fourth-order valence-corrected chi connectivity index (χ4v) is 3.85. The number of halogens is 1. The number of carbonyl (C=O) groups excluding carboxylic acids is 1. The number of benzene rings is 1. The molecule has 0 saturated carbocycles. The van der Waals surface area contributed by atoms with E-state index >= 15 is 0 Å². The Bertz CT molecular complexity index is 529. The number of piperidine rings is 1. The molecule has 0 bridgehead atoms. The summed E-state index contributed by atoms with van der Waals surface area (Å²) in [5.74, 6) is 1.09. The Balaban J connectivity index is 0.00000208. The van der Waals surface area contributed by atoms with Gasteiger partial charge in [0, 0.05) is 12.2 Å². The first-order chi connectivity index (χ1) is 11.3. The molecular weight excluding hydrogens is 322 g/mol. The Morgan fingerprint density at radius 2 is 1.96 bits per heavy atom. The first kappa shape index (κ1) is 19.2. The molecule has 2 heterocycles. The number of nitrogens with zero attached hydrogens (tertiary/aromatic N) is 2. The topological polar surface area (TPSA) is 35.6 Å². The molecule has 5 heteroatoms. The summed E-state index contributed by atoms with van der Waals surface area (Å²) in [4.78, 5) is 17.1. The van der Waals surface area contributed by atoms with Crippen LogP contribution in [0.15, 0.2) is 24.3 Å². The van der Waals surface area contributed by atoms with Crippen molar-refractivity contribution in [2.45, 2.75) is 32.1 Å². The van der Waals surface area contributed by atoms with E-state index in [0.717, 1.165) is 50.6 Å². The van der Waals surface area contributed by atoms with Crippen molar-refractivity contribution in [1.29, 1.82) is 0 Å². The number of anilines is 1. The number of fused-ring (bicyclic) bond motifs is 1. The van der Waals surface area contributed by atoms with Gasteiger partial charge in [-0.2, -0.15) is 0 Å². The standard InChI is InChI=1S/C19H29N3O.ClH/c1-20-11-8-16-9-13-21(14-10-16)15-19(23)22-12-4-6-17-5-2-3-7-18(17)22;/h2-3,5,7,16,20H,4,6,8-15H2,1H3;1H. The minimum absolute atomic E-state index is 0. The number of carbonyl (C=O) groups is 1. The average molecular weight is 352 g/mol. The van der Waals surface area contributed by atoms with Crippen LogP contribution in [0.25, 0.3) is 0 Å². The Kier molecular flexibility index (Phi) is 7.53. The van der Waals surface area contributed by atoms with Crippen molar-refractivity contribution in [2.24, 2.45) is 5.92 Å². The smallest absolute Gasteiger partial charge is 0.241 e. The number of rotatable bonds is 5. The van der Waals surface area contributed by atoms with E-state index in [1.165, 1.54) is 24.8 Å². The summed E-state index contributed by atoms with van der Waals surface area (Å²) in [6.45, 7) is 4.68. The summed E-state index contributed by atoms with van der Waals surface area (Å²) in [7, 11) is 2.02. The van der Waals surface area contributed by atoms with Crippen LogP contribution >= 0.6 is 12.4 Å². The molecule has 1 aromatic rings. The van der Waals surface area contributed by atoms with Crippen molar-refractivity contribution in [1.82, 2.24) is 10.2 Å². The van der Waals surface area contributed by atoms with Crippen molar-refractivity contribution in [3.63, 3.8) is 0 Å². The van der Waals surface area contributed by atoms with Crippen molar-refractivity contribution in [3.8, 4) is 0 Å². The normalized spacial score (nSPS) is 18.8. The number of amides is 1. The third-order valence-electron chi connectivity index (χ3n) is 5.28. The van der Waals surface area contributed by atoms with E-state index in [4.69, 9.17) is 0 Å². The number of aryl methyl sites for hydroxylation is 1. The van der Waals surface area contributed by atoms with Crippen LogP contribution < -0.4 is 10.2 Å². The molecule has 0 spiro atoms. The molecule has 0 unspecified atom stereocenters. The predicted octanol–water partition coefficient (Wildman–Crippen LogP) is 2.71. The lowest BCUT2D eigenvalue weighted by Crippen LogP contribution is -2.45. The summed E-state index contributed by atoms with van der Waals surface area (Å²) in [5, 5.41) is 3.24. The molecule has 1 aromatic carbocycles. The summed E-state index contributed by atoms with van der Waals surface area (Å²) < 4.78 is 0. The highest BCUT2D eigenvalue weighted by atomic mass is 35.5. The number of para-hydroxylation sites is 1. The molecule has 4 nitrogen and oxygen atoms in total. The second-order valence-electron chi connectivity index (χ2n) is 6.89. The molecule has 3 rings (SSSR count). The van der Waals surface area contributed by atoms with Crippen LogP contribution in [-0.2, 0) is 11.2 Å². The van der Waals surface area contributed by atoms with Crippen LogP contribution in [0.2, 0.25) is 0 Å². The van der Waals surface area contributed by atoms with Gasteiger partial charge in [0.1, 0.15) is 0 Å². The number of likely N-dealkylation sites (tertiary alicyclic amines) is 1. The van der Waals surface area contributed by atoms with Crippen molar-refractivity contribution in [2.75, 3.05) is 44.7 Å². The molecule has 134 valence electrons. The van der Waals surface area contributed by atoms with Crippen LogP contribution in [0.1, 0.15) is 31.2 Å². The Hall–Kier alpha value is -1.10. The largest absolute Gasteiger partial charge is 0.320 e. The highest BCUT2D eigenvalue weighted by Crippen LogP contribution is 2.27. The van der Waals surface area contributed by atoms with E-state index in [2.05, 4.69) is 28.4 Å². The van der Waals surface area contributed by atoms with Gasteiger partial charge in [-0.15, -0.1) is 12.4 Å². The van der Waals surface area contributed by atoms with Gasteiger partial charge in [0.2, 0.25) is 5.91 Å². The van der Waals surface area contributed by atoms with Crippen LogP contribution in [0.3, 0.4) is 0 Å². The molecule has 0 aliphatic carbocycles. The van der Waals surface area contributed by atoms with Gasteiger partial charge >= 0.3 is 0 Å². The molecule has 1 amide bonds. The number of hydrogen-bond acceptors (Lipinski definition) is 3. The predicted molar refractivity (Wildman–Crippen MR) is 102 cm³/mol. The fraction of sp³-hybridized carbons (Fsp3) is 0.632. The van der Waals surface area contributed by atoms with E-state index in [0.29, 0.717) is 6.54 Å². The average Bonchev–Trinajstić information content (AvgIpc) is 2.60. The lowest BCUT2D eigenvalue weighted by atomic mass is 9.93. The maximum absolute atomic E-state index is 12.8. The summed E-state index contributed by atoms with van der Waals surface area (Å²) in [6, 6.07) is 8.36. The van der Waals surface area contributed by atoms with E-state index in [9.17, 15) is 4.79 Å².